The average molecular weight is 341 g/mol. The van der Waals surface area contributed by atoms with Crippen molar-refractivity contribution in [1.82, 2.24) is 0 Å². The topological polar surface area (TPSA) is 64.6 Å². The summed E-state index contributed by atoms with van der Waals surface area (Å²) >= 11 is 0. The molecule has 5 heteroatoms. The fourth-order valence-corrected chi connectivity index (χ4v) is 2.45. The van der Waals surface area contributed by atoms with Gasteiger partial charge in [-0.25, -0.2) is 0 Å². The molecule has 0 saturated heterocycles. The maximum atomic E-state index is 12.1. The molecule has 2 aromatic rings. The van der Waals surface area contributed by atoms with Crippen molar-refractivity contribution in [2.45, 2.75) is 26.2 Å². The number of ether oxygens (including phenoxy) is 2. The Labute approximate surface area is 148 Å². The molecule has 5 nitrogen and oxygen atoms in total. The Balaban J connectivity index is 1.84. The van der Waals surface area contributed by atoms with Crippen molar-refractivity contribution >= 4 is 17.4 Å². The number of hydrogen-bond acceptors (Lipinski definition) is 4. The normalized spacial score (nSPS) is 10.2. The standard InChI is InChI=1S/C20H23NO4/c1-14-7-12-17(19(13-14)25-3)21-20(23)18(22)6-4-5-15-8-10-16(24-2)11-9-15/h7-13H,4-6H2,1-3H3,(H,21,23). The number of carbonyl (C=O) groups is 2. The van der Waals surface area contributed by atoms with Gasteiger partial charge in [0.25, 0.3) is 5.91 Å². The van der Waals surface area contributed by atoms with E-state index in [4.69, 9.17) is 9.47 Å². The number of methoxy groups -OCH3 is 2. The van der Waals surface area contributed by atoms with Gasteiger partial charge >= 0.3 is 0 Å². The monoisotopic (exact) mass is 341 g/mol. The third-order valence-electron chi connectivity index (χ3n) is 3.89. The van der Waals surface area contributed by atoms with E-state index in [1.807, 2.05) is 43.3 Å². The van der Waals surface area contributed by atoms with E-state index in [-0.39, 0.29) is 6.42 Å². The van der Waals surface area contributed by atoms with Crippen molar-refractivity contribution in [1.29, 1.82) is 0 Å². The molecule has 0 atom stereocenters. The second-order valence-corrected chi connectivity index (χ2v) is 5.78. The minimum Gasteiger partial charge on any atom is -0.497 e. The fourth-order valence-electron chi connectivity index (χ4n) is 2.45. The summed E-state index contributed by atoms with van der Waals surface area (Å²) < 4.78 is 10.3. The van der Waals surface area contributed by atoms with Gasteiger partial charge in [0.1, 0.15) is 11.5 Å². The molecule has 132 valence electrons. The van der Waals surface area contributed by atoms with Gasteiger partial charge in [-0.05, 0) is 55.2 Å². The van der Waals surface area contributed by atoms with Gasteiger partial charge in [-0.15, -0.1) is 0 Å². The lowest BCUT2D eigenvalue weighted by Gasteiger charge is -2.10. The number of ketones is 1. The molecule has 0 bridgehead atoms. The Kier molecular flexibility index (Phi) is 6.57. The minimum absolute atomic E-state index is 0.200. The smallest absolute Gasteiger partial charge is 0.291 e. The van der Waals surface area contributed by atoms with Crippen LogP contribution in [0.1, 0.15) is 24.0 Å². The number of rotatable bonds is 8. The van der Waals surface area contributed by atoms with Crippen LogP contribution < -0.4 is 14.8 Å². The number of Topliss-reactive ketones (excluding diaryl/α,β-unsaturated/α-hetero) is 1. The zero-order chi connectivity index (χ0) is 18.2. The number of benzene rings is 2. The van der Waals surface area contributed by atoms with E-state index >= 15 is 0 Å². The Morgan fingerprint density at radius 3 is 2.36 bits per heavy atom. The van der Waals surface area contributed by atoms with Gasteiger partial charge in [0, 0.05) is 6.42 Å². The summed E-state index contributed by atoms with van der Waals surface area (Å²) in [5.41, 5.74) is 2.62. The van der Waals surface area contributed by atoms with Crippen LogP contribution in [0.4, 0.5) is 5.69 Å². The maximum absolute atomic E-state index is 12.1. The van der Waals surface area contributed by atoms with Gasteiger partial charge in [-0.3, -0.25) is 9.59 Å². The van der Waals surface area contributed by atoms with Crippen molar-refractivity contribution in [2.24, 2.45) is 0 Å². The van der Waals surface area contributed by atoms with Crippen LogP contribution in [0, 0.1) is 6.92 Å². The molecule has 0 unspecified atom stereocenters. The average Bonchev–Trinajstić information content (AvgIpc) is 2.63. The molecule has 25 heavy (non-hydrogen) atoms. The fraction of sp³-hybridized carbons (Fsp3) is 0.300. The van der Waals surface area contributed by atoms with Crippen molar-refractivity contribution in [3.8, 4) is 11.5 Å². The third-order valence-corrected chi connectivity index (χ3v) is 3.89. The Morgan fingerprint density at radius 2 is 1.72 bits per heavy atom. The molecule has 0 aliphatic heterocycles. The molecule has 0 spiro atoms. The largest absolute Gasteiger partial charge is 0.497 e. The summed E-state index contributed by atoms with van der Waals surface area (Å²) in [6.45, 7) is 1.93. The molecule has 1 N–H and O–H groups in total. The van der Waals surface area contributed by atoms with E-state index in [0.29, 0.717) is 17.9 Å². The summed E-state index contributed by atoms with van der Waals surface area (Å²) in [6, 6.07) is 13.1. The van der Waals surface area contributed by atoms with Crippen LogP contribution in [-0.2, 0) is 16.0 Å². The van der Waals surface area contributed by atoms with Crippen LogP contribution in [0.25, 0.3) is 0 Å². The molecular weight excluding hydrogens is 318 g/mol. The first kappa shape index (κ1) is 18.5. The lowest BCUT2D eigenvalue weighted by atomic mass is 10.1. The Hall–Kier alpha value is -2.82. The summed E-state index contributed by atoms with van der Waals surface area (Å²) in [6.07, 6.45) is 1.55. The van der Waals surface area contributed by atoms with Crippen LogP contribution in [0.2, 0.25) is 0 Å². The van der Waals surface area contributed by atoms with Crippen LogP contribution >= 0.6 is 0 Å². The summed E-state index contributed by atoms with van der Waals surface area (Å²) in [7, 11) is 3.15. The summed E-state index contributed by atoms with van der Waals surface area (Å²) in [5, 5.41) is 2.62. The van der Waals surface area contributed by atoms with Gasteiger partial charge in [-0.2, -0.15) is 0 Å². The van der Waals surface area contributed by atoms with Crippen LogP contribution in [0.5, 0.6) is 11.5 Å². The highest BCUT2D eigenvalue weighted by molar-refractivity contribution is 6.40. The summed E-state index contributed by atoms with van der Waals surface area (Å²) in [4.78, 5) is 24.1. The van der Waals surface area contributed by atoms with E-state index in [1.165, 1.54) is 7.11 Å². The molecule has 0 saturated carbocycles. The van der Waals surface area contributed by atoms with E-state index in [1.54, 1.807) is 13.2 Å². The number of anilines is 1. The van der Waals surface area contributed by atoms with E-state index in [0.717, 1.165) is 23.3 Å². The van der Waals surface area contributed by atoms with Crippen LogP contribution in [0.3, 0.4) is 0 Å². The van der Waals surface area contributed by atoms with Crippen molar-refractivity contribution in [3.05, 3.63) is 53.6 Å². The quantitative estimate of drug-likeness (QED) is 0.746. The molecular formula is C20H23NO4. The molecule has 0 heterocycles. The zero-order valence-electron chi connectivity index (χ0n) is 14.8. The molecule has 1 amide bonds. The Morgan fingerprint density at radius 1 is 1.00 bits per heavy atom. The molecule has 0 fully saturated rings. The molecule has 2 rings (SSSR count). The van der Waals surface area contributed by atoms with Gasteiger partial charge < -0.3 is 14.8 Å². The number of nitrogens with one attached hydrogen (secondary N) is 1. The van der Waals surface area contributed by atoms with Crippen molar-refractivity contribution < 1.29 is 19.1 Å². The second-order valence-electron chi connectivity index (χ2n) is 5.78. The van der Waals surface area contributed by atoms with E-state index < -0.39 is 11.7 Å². The SMILES string of the molecule is COc1ccc(CCCC(=O)C(=O)Nc2ccc(C)cc2OC)cc1. The van der Waals surface area contributed by atoms with Crippen LogP contribution in [-0.4, -0.2) is 25.9 Å². The van der Waals surface area contributed by atoms with Gasteiger partial charge in [0.15, 0.2) is 0 Å². The molecule has 0 aromatic heterocycles. The first-order chi connectivity index (χ1) is 12.0. The van der Waals surface area contributed by atoms with Gasteiger partial charge in [0.2, 0.25) is 5.78 Å². The first-order valence-electron chi connectivity index (χ1n) is 8.15. The lowest BCUT2D eigenvalue weighted by molar-refractivity contribution is -0.134. The van der Waals surface area contributed by atoms with Crippen molar-refractivity contribution in [3.63, 3.8) is 0 Å². The highest BCUT2D eigenvalue weighted by Crippen LogP contribution is 2.25. The Bertz CT molecular complexity index is 738. The minimum atomic E-state index is -0.614. The summed E-state index contributed by atoms with van der Waals surface area (Å²) in [5.74, 6) is 0.290. The van der Waals surface area contributed by atoms with Gasteiger partial charge in [0.05, 0.1) is 19.9 Å². The second kappa shape index (κ2) is 8.87. The molecule has 2 aromatic carbocycles. The van der Waals surface area contributed by atoms with E-state index in [9.17, 15) is 9.59 Å². The number of carbonyl (C=O) groups excluding carboxylic acids is 2. The molecule has 0 aliphatic carbocycles. The predicted molar refractivity (Wildman–Crippen MR) is 97.3 cm³/mol. The third kappa shape index (κ3) is 5.35. The number of aryl methyl sites for hydroxylation is 2. The lowest BCUT2D eigenvalue weighted by Crippen LogP contribution is -2.23. The first-order valence-corrected chi connectivity index (χ1v) is 8.15. The number of amides is 1. The molecule has 0 aliphatic rings. The number of hydrogen-bond donors (Lipinski definition) is 1. The highest BCUT2D eigenvalue weighted by atomic mass is 16.5. The maximum Gasteiger partial charge on any atom is 0.291 e. The predicted octanol–water partition coefficient (Wildman–Crippen LogP) is 3.54. The van der Waals surface area contributed by atoms with Crippen LogP contribution in [0.15, 0.2) is 42.5 Å². The van der Waals surface area contributed by atoms with Crippen molar-refractivity contribution in [2.75, 3.05) is 19.5 Å². The van der Waals surface area contributed by atoms with Gasteiger partial charge in [-0.1, -0.05) is 18.2 Å². The highest BCUT2D eigenvalue weighted by Gasteiger charge is 2.15. The molecule has 0 radical (unpaired) electrons. The van der Waals surface area contributed by atoms with E-state index in [2.05, 4.69) is 5.32 Å². The zero-order valence-corrected chi connectivity index (χ0v) is 14.8.